The zero-order valence-electron chi connectivity index (χ0n) is 11.5. The molecule has 20 heavy (non-hydrogen) atoms. The molecule has 104 valence electrons. The summed E-state index contributed by atoms with van der Waals surface area (Å²) in [5.41, 5.74) is 2.17. The smallest absolute Gasteiger partial charge is 0.234 e. The monoisotopic (exact) mass is 269 g/mol. The van der Waals surface area contributed by atoms with E-state index in [9.17, 15) is 4.79 Å². The fourth-order valence-electron chi connectivity index (χ4n) is 1.85. The lowest BCUT2D eigenvalue weighted by molar-refractivity contribution is -0.120. The zero-order valence-corrected chi connectivity index (χ0v) is 11.5. The molecule has 0 aliphatic heterocycles. The molecule has 2 N–H and O–H groups in total. The molecular formula is C16H19N3O. The van der Waals surface area contributed by atoms with Gasteiger partial charge in [0.2, 0.25) is 5.91 Å². The minimum atomic E-state index is -0.00964. The molecule has 0 aliphatic carbocycles. The van der Waals surface area contributed by atoms with Gasteiger partial charge < -0.3 is 10.6 Å². The van der Waals surface area contributed by atoms with Crippen molar-refractivity contribution in [1.29, 1.82) is 0 Å². The van der Waals surface area contributed by atoms with Crippen LogP contribution in [0.3, 0.4) is 0 Å². The Hall–Kier alpha value is -2.20. The molecular weight excluding hydrogens is 250 g/mol. The molecule has 1 aromatic heterocycles. The van der Waals surface area contributed by atoms with E-state index >= 15 is 0 Å². The lowest BCUT2D eigenvalue weighted by Crippen LogP contribution is -2.34. The van der Waals surface area contributed by atoms with Gasteiger partial charge in [-0.3, -0.25) is 9.78 Å². The van der Waals surface area contributed by atoms with Gasteiger partial charge in [0.15, 0.2) is 0 Å². The van der Waals surface area contributed by atoms with Gasteiger partial charge in [0.05, 0.1) is 6.54 Å². The number of benzene rings is 1. The minimum absolute atomic E-state index is 0.00964. The van der Waals surface area contributed by atoms with Gasteiger partial charge in [0, 0.05) is 25.0 Å². The largest absolute Gasteiger partial charge is 0.351 e. The normalized spacial score (nSPS) is 11.8. The summed E-state index contributed by atoms with van der Waals surface area (Å²) in [5.74, 6) is -0.00964. The number of aromatic nitrogens is 1. The molecule has 0 unspecified atom stereocenters. The van der Waals surface area contributed by atoms with Crippen molar-refractivity contribution in [3.63, 3.8) is 0 Å². The molecule has 1 heterocycles. The SMILES string of the molecule is C[C@H](NCC(=O)NCc1ccccc1)c1cccnc1. The highest BCUT2D eigenvalue weighted by molar-refractivity contribution is 5.78. The van der Waals surface area contributed by atoms with Crippen LogP contribution in [0.2, 0.25) is 0 Å². The van der Waals surface area contributed by atoms with Gasteiger partial charge in [-0.2, -0.15) is 0 Å². The number of carbonyl (C=O) groups excluding carboxylic acids is 1. The van der Waals surface area contributed by atoms with Gasteiger partial charge in [0.25, 0.3) is 0 Å². The van der Waals surface area contributed by atoms with E-state index in [1.165, 1.54) is 0 Å². The van der Waals surface area contributed by atoms with Crippen LogP contribution < -0.4 is 10.6 Å². The van der Waals surface area contributed by atoms with E-state index in [4.69, 9.17) is 0 Å². The predicted molar refractivity (Wildman–Crippen MR) is 78.9 cm³/mol. The Balaban J connectivity index is 1.73. The molecule has 4 heteroatoms. The molecule has 1 aromatic carbocycles. The van der Waals surface area contributed by atoms with Crippen LogP contribution in [0.15, 0.2) is 54.9 Å². The number of hydrogen-bond acceptors (Lipinski definition) is 3. The van der Waals surface area contributed by atoms with E-state index in [1.807, 2.05) is 49.4 Å². The van der Waals surface area contributed by atoms with Gasteiger partial charge in [0.1, 0.15) is 0 Å². The third kappa shape index (κ3) is 4.48. The molecule has 2 rings (SSSR count). The molecule has 0 saturated heterocycles. The van der Waals surface area contributed by atoms with Crippen molar-refractivity contribution < 1.29 is 4.79 Å². The van der Waals surface area contributed by atoms with E-state index < -0.39 is 0 Å². The van der Waals surface area contributed by atoms with E-state index in [2.05, 4.69) is 15.6 Å². The van der Waals surface area contributed by atoms with Crippen molar-refractivity contribution in [2.24, 2.45) is 0 Å². The Morgan fingerprint density at radius 3 is 2.70 bits per heavy atom. The van der Waals surface area contributed by atoms with Crippen LogP contribution in [-0.4, -0.2) is 17.4 Å². The van der Waals surface area contributed by atoms with Crippen molar-refractivity contribution in [1.82, 2.24) is 15.6 Å². The van der Waals surface area contributed by atoms with E-state index in [0.717, 1.165) is 11.1 Å². The standard InChI is InChI=1S/C16H19N3O/c1-13(15-8-5-9-17-11-15)18-12-16(20)19-10-14-6-3-2-4-7-14/h2-9,11,13,18H,10,12H2,1H3,(H,19,20)/t13-/m0/s1. The first-order valence-electron chi connectivity index (χ1n) is 6.69. The maximum Gasteiger partial charge on any atom is 0.234 e. The second-order valence-electron chi connectivity index (χ2n) is 4.65. The van der Waals surface area contributed by atoms with Crippen LogP contribution in [0, 0.1) is 0 Å². The van der Waals surface area contributed by atoms with E-state index in [0.29, 0.717) is 13.1 Å². The number of pyridine rings is 1. The Morgan fingerprint density at radius 1 is 1.20 bits per heavy atom. The number of amides is 1. The van der Waals surface area contributed by atoms with Crippen molar-refractivity contribution in [3.05, 3.63) is 66.0 Å². The quantitative estimate of drug-likeness (QED) is 0.844. The lowest BCUT2D eigenvalue weighted by atomic mass is 10.1. The van der Waals surface area contributed by atoms with Crippen LogP contribution >= 0.6 is 0 Å². The topological polar surface area (TPSA) is 54.0 Å². The lowest BCUT2D eigenvalue weighted by Gasteiger charge is -2.13. The number of nitrogens with one attached hydrogen (secondary N) is 2. The predicted octanol–water partition coefficient (Wildman–Crippen LogP) is 2.05. The molecule has 0 spiro atoms. The van der Waals surface area contributed by atoms with Crippen molar-refractivity contribution in [3.8, 4) is 0 Å². The van der Waals surface area contributed by atoms with Gasteiger partial charge >= 0.3 is 0 Å². The maximum atomic E-state index is 11.8. The summed E-state index contributed by atoms with van der Waals surface area (Å²) in [6, 6.07) is 13.9. The minimum Gasteiger partial charge on any atom is -0.351 e. The third-order valence-corrected chi connectivity index (χ3v) is 3.09. The fraction of sp³-hybridized carbons (Fsp3) is 0.250. The summed E-state index contributed by atoms with van der Waals surface area (Å²) in [6.45, 7) is 2.87. The summed E-state index contributed by atoms with van der Waals surface area (Å²) < 4.78 is 0. The molecule has 0 aliphatic rings. The summed E-state index contributed by atoms with van der Waals surface area (Å²) in [5, 5.41) is 6.07. The first-order valence-corrected chi connectivity index (χ1v) is 6.69. The molecule has 4 nitrogen and oxygen atoms in total. The van der Waals surface area contributed by atoms with Gasteiger partial charge in [-0.1, -0.05) is 36.4 Å². The molecule has 1 atom stereocenters. The second kappa shape index (κ2) is 7.40. The highest BCUT2D eigenvalue weighted by Crippen LogP contribution is 2.08. The van der Waals surface area contributed by atoms with Crippen molar-refractivity contribution in [2.45, 2.75) is 19.5 Å². The first kappa shape index (κ1) is 14.2. The highest BCUT2D eigenvalue weighted by atomic mass is 16.1. The Labute approximate surface area is 119 Å². The van der Waals surface area contributed by atoms with Gasteiger partial charge in [-0.05, 0) is 24.1 Å². The number of nitrogens with zero attached hydrogens (tertiary/aromatic N) is 1. The number of carbonyl (C=O) groups is 1. The molecule has 0 saturated carbocycles. The second-order valence-corrected chi connectivity index (χ2v) is 4.65. The average molecular weight is 269 g/mol. The van der Waals surface area contributed by atoms with Crippen LogP contribution in [0.25, 0.3) is 0 Å². The van der Waals surface area contributed by atoms with Crippen LogP contribution in [0.4, 0.5) is 0 Å². The summed E-state index contributed by atoms with van der Waals surface area (Å²) in [4.78, 5) is 15.8. The van der Waals surface area contributed by atoms with E-state index in [-0.39, 0.29) is 11.9 Å². The van der Waals surface area contributed by atoms with Gasteiger partial charge in [-0.25, -0.2) is 0 Å². The molecule has 0 fully saturated rings. The molecule has 0 bridgehead atoms. The van der Waals surface area contributed by atoms with Crippen molar-refractivity contribution in [2.75, 3.05) is 6.54 Å². The molecule has 2 aromatic rings. The maximum absolute atomic E-state index is 11.8. The summed E-state index contributed by atoms with van der Waals surface area (Å²) >= 11 is 0. The van der Waals surface area contributed by atoms with Crippen LogP contribution in [0.1, 0.15) is 24.1 Å². The summed E-state index contributed by atoms with van der Waals surface area (Å²) in [6.07, 6.45) is 3.54. The third-order valence-electron chi connectivity index (χ3n) is 3.09. The number of rotatable bonds is 6. The first-order chi connectivity index (χ1) is 9.75. The van der Waals surface area contributed by atoms with Crippen LogP contribution in [0.5, 0.6) is 0 Å². The Morgan fingerprint density at radius 2 is 2.00 bits per heavy atom. The van der Waals surface area contributed by atoms with Crippen molar-refractivity contribution >= 4 is 5.91 Å². The Kier molecular flexibility index (Phi) is 5.26. The molecule has 1 amide bonds. The molecule has 0 radical (unpaired) electrons. The highest BCUT2D eigenvalue weighted by Gasteiger charge is 2.07. The van der Waals surface area contributed by atoms with E-state index in [1.54, 1.807) is 12.4 Å². The van der Waals surface area contributed by atoms with Gasteiger partial charge in [-0.15, -0.1) is 0 Å². The average Bonchev–Trinajstić information content (AvgIpc) is 2.52. The summed E-state index contributed by atoms with van der Waals surface area (Å²) in [7, 11) is 0. The number of hydrogen-bond donors (Lipinski definition) is 2. The fourth-order valence-corrected chi connectivity index (χ4v) is 1.85. The zero-order chi connectivity index (χ0) is 14.2. The van der Waals surface area contributed by atoms with Crippen LogP contribution in [-0.2, 0) is 11.3 Å². The Bertz CT molecular complexity index is 528.